The third-order valence-corrected chi connectivity index (χ3v) is 6.16. The van der Waals surface area contributed by atoms with Gasteiger partial charge in [0.05, 0.1) is 24.1 Å². The van der Waals surface area contributed by atoms with Crippen molar-refractivity contribution in [3.05, 3.63) is 71.2 Å². The van der Waals surface area contributed by atoms with Crippen LogP contribution in [0, 0.1) is 31.0 Å². The Morgan fingerprint density at radius 3 is 2.76 bits per heavy atom. The molecule has 0 spiro atoms. The lowest BCUT2D eigenvalue weighted by atomic mass is 10.2. The predicted molar refractivity (Wildman–Crippen MR) is 125 cm³/mol. The van der Waals surface area contributed by atoms with Crippen LogP contribution in [0.4, 0.5) is 10.2 Å². The Morgan fingerprint density at radius 1 is 1.24 bits per heavy atom. The number of amides is 1. The van der Waals surface area contributed by atoms with Crippen LogP contribution in [0.3, 0.4) is 0 Å². The van der Waals surface area contributed by atoms with Crippen molar-refractivity contribution in [2.75, 3.05) is 18.2 Å². The Morgan fingerprint density at radius 2 is 2.03 bits per heavy atom. The summed E-state index contributed by atoms with van der Waals surface area (Å²) < 4.78 is 22.4. The first-order valence-corrected chi connectivity index (χ1v) is 11.2. The number of nitriles is 1. The predicted octanol–water partition coefficient (Wildman–Crippen LogP) is 3.82. The minimum Gasteiger partial charge on any atom is -0.494 e. The SMILES string of the molecule is COc1ccccc1-n1nnnc1SCC(=O)Nc1c(C#N)c(C)c(C)n1-c1cccc(F)c1. The van der Waals surface area contributed by atoms with Crippen LogP contribution in [-0.2, 0) is 4.79 Å². The number of hydrogen-bond acceptors (Lipinski definition) is 7. The minimum absolute atomic E-state index is 0.0210. The maximum atomic E-state index is 13.9. The monoisotopic (exact) mass is 477 g/mol. The lowest BCUT2D eigenvalue weighted by molar-refractivity contribution is -0.113. The highest BCUT2D eigenvalue weighted by molar-refractivity contribution is 7.99. The van der Waals surface area contributed by atoms with Crippen molar-refractivity contribution in [1.29, 1.82) is 5.26 Å². The van der Waals surface area contributed by atoms with E-state index < -0.39 is 5.82 Å². The van der Waals surface area contributed by atoms with E-state index in [1.54, 1.807) is 42.9 Å². The fourth-order valence-electron chi connectivity index (χ4n) is 3.52. The number of para-hydroxylation sites is 2. The lowest BCUT2D eigenvalue weighted by Gasteiger charge is -2.13. The van der Waals surface area contributed by atoms with Crippen molar-refractivity contribution >= 4 is 23.5 Å². The van der Waals surface area contributed by atoms with Gasteiger partial charge in [-0.1, -0.05) is 30.0 Å². The molecular weight excluding hydrogens is 457 g/mol. The molecule has 0 bridgehead atoms. The zero-order valence-corrected chi connectivity index (χ0v) is 19.4. The molecule has 2 aromatic carbocycles. The first-order valence-electron chi connectivity index (χ1n) is 10.2. The summed E-state index contributed by atoms with van der Waals surface area (Å²) >= 11 is 1.13. The Kier molecular flexibility index (Phi) is 6.60. The molecule has 34 heavy (non-hydrogen) atoms. The highest BCUT2D eigenvalue weighted by Crippen LogP contribution is 2.31. The molecule has 172 valence electrons. The Balaban J connectivity index is 1.58. The molecule has 1 amide bonds. The number of halogens is 1. The van der Waals surface area contributed by atoms with Crippen molar-refractivity contribution < 1.29 is 13.9 Å². The minimum atomic E-state index is -0.419. The average molecular weight is 478 g/mol. The number of nitrogens with one attached hydrogen (secondary N) is 1. The smallest absolute Gasteiger partial charge is 0.236 e. The van der Waals surface area contributed by atoms with E-state index in [2.05, 4.69) is 26.9 Å². The zero-order chi connectivity index (χ0) is 24.2. The van der Waals surface area contributed by atoms with Gasteiger partial charge in [-0.2, -0.15) is 9.94 Å². The summed E-state index contributed by atoms with van der Waals surface area (Å²) in [4.78, 5) is 12.9. The molecule has 2 heterocycles. The van der Waals surface area contributed by atoms with Crippen LogP contribution in [0.1, 0.15) is 16.8 Å². The third-order valence-electron chi connectivity index (χ3n) is 5.24. The molecule has 0 saturated carbocycles. The molecule has 0 aliphatic rings. The maximum Gasteiger partial charge on any atom is 0.236 e. The van der Waals surface area contributed by atoms with Crippen LogP contribution in [-0.4, -0.2) is 43.5 Å². The molecule has 9 nitrogen and oxygen atoms in total. The second kappa shape index (κ2) is 9.76. The lowest BCUT2D eigenvalue weighted by Crippen LogP contribution is -2.18. The molecule has 4 aromatic rings. The van der Waals surface area contributed by atoms with E-state index in [0.717, 1.165) is 17.5 Å². The topological polar surface area (TPSA) is 111 Å². The molecule has 0 unspecified atom stereocenters. The van der Waals surface area contributed by atoms with Gasteiger partial charge in [0, 0.05) is 5.69 Å². The van der Waals surface area contributed by atoms with Gasteiger partial charge in [0.1, 0.15) is 29.1 Å². The van der Waals surface area contributed by atoms with Gasteiger partial charge in [-0.15, -0.1) is 5.10 Å². The molecule has 0 fully saturated rings. The summed E-state index contributed by atoms with van der Waals surface area (Å²) in [6, 6.07) is 15.4. The van der Waals surface area contributed by atoms with Crippen LogP contribution in [0.25, 0.3) is 11.4 Å². The van der Waals surface area contributed by atoms with Gasteiger partial charge in [0.15, 0.2) is 0 Å². The van der Waals surface area contributed by atoms with E-state index in [1.807, 2.05) is 19.1 Å². The van der Waals surface area contributed by atoms with Gasteiger partial charge in [-0.05, 0) is 60.2 Å². The number of rotatable bonds is 7. The second-order valence-corrected chi connectivity index (χ2v) is 8.19. The van der Waals surface area contributed by atoms with Crippen molar-refractivity contribution in [2.24, 2.45) is 0 Å². The summed E-state index contributed by atoms with van der Waals surface area (Å²) in [5.74, 6) is 0.0629. The number of methoxy groups -OCH3 is 1. The van der Waals surface area contributed by atoms with Gasteiger partial charge in [-0.25, -0.2) is 4.39 Å². The van der Waals surface area contributed by atoms with E-state index in [4.69, 9.17) is 4.74 Å². The summed E-state index contributed by atoms with van der Waals surface area (Å²) in [7, 11) is 1.55. The van der Waals surface area contributed by atoms with Crippen LogP contribution < -0.4 is 10.1 Å². The normalized spacial score (nSPS) is 10.7. The van der Waals surface area contributed by atoms with E-state index in [0.29, 0.717) is 33.4 Å². The molecule has 1 N–H and O–H groups in total. The number of carbonyl (C=O) groups excluding carboxylic acids is 1. The third kappa shape index (κ3) is 4.35. The van der Waals surface area contributed by atoms with Crippen LogP contribution in [0.5, 0.6) is 5.75 Å². The quantitative estimate of drug-likeness (QED) is 0.403. The Labute approximate surface area is 199 Å². The summed E-state index contributed by atoms with van der Waals surface area (Å²) in [6.07, 6.45) is 0. The number of aromatic nitrogens is 5. The van der Waals surface area contributed by atoms with Crippen molar-refractivity contribution in [2.45, 2.75) is 19.0 Å². The molecule has 11 heteroatoms. The molecule has 2 aromatic heterocycles. The average Bonchev–Trinajstić information content (AvgIpc) is 3.40. The first-order chi connectivity index (χ1) is 16.4. The number of anilines is 1. The van der Waals surface area contributed by atoms with Gasteiger partial charge in [0.25, 0.3) is 0 Å². The summed E-state index contributed by atoms with van der Waals surface area (Å²) in [5.41, 5.74) is 2.89. The number of nitrogens with zero attached hydrogens (tertiary/aromatic N) is 6. The van der Waals surface area contributed by atoms with Crippen molar-refractivity contribution in [1.82, 2.24) is 24.8 Å². The maximum absolute atomic E-state index is 13.9. The number of hydrogen-bond donors (Lipinski definition) is 1. The summed E-state index contributed by atoms with van der Waals surface area (Å²) in [6.45, 7) is 3.60. The Bertz CT molecular complexity index is 1410. The van der Waals surface area contributed by atoms with Gasteiger partial charge >= 0.3 is 0 Å². The van der Waals surface area contributed by atoms with Crippen molar-refractivity contribution in [3.63, 3.8) is 0 Å². The van der Waals surface area contributed by atoms with Crippen LogP contribution >= 0.6 is 11.8 Å². The highest BCUT2D eigenvalue weighted by Gasteiger charge is 2.22. The van der Waals surface area contributed by atoms with Gasteiger partial charge in [-0.3, -0.25) is 9.36 Å². The molecular formula is C23H20FN7O2S. The first kappa shape index (κ1) is 23.0. The number of carbonyl (C=O) groups is 1. The van der Waals surface area contributed by atoms with Gasteiger partial charge in [0.2, 0.25) is 11.1 Å². The van der Waals surface area contributed by atoms with Gasteiger partial charge < -0.3 is 10.1 Å². The number of benzene rings is 2. The molecule has 0 saturated heterocycles. The fraction of sp³-hybridized carbons (Fsp3) is 0.174. The Hall–Kier alpha value is -4.17. The van der Waals surface area contributed by atoms with E-state index in [1.165, 1.54) is 16.8 Å². The number of thioether (sulfide) groups is 1. The molecule has 0 aliphatic heterocycles. The van der Waals surface area contributed by atoms with Crippen LogP contribution in [0.15, 0.2) is 53.7 Å². The summed E-state index contributed by atoms with van der Waals surface area (Å²) in [5, 5.41) is 24.6. The second-order valence-electron chi connectivity index (χ2n) is 7.24. The van der Waals surface area contributed by atoms with Crippen molar-refractivity contribution in [3.8, 4) is 23.2 Å². The highest BCUT2D eigenvalue weighted by atomic mass is 32.2. The zero-order valence-electron chi connectivity index (χ0n) is 18.6. The molecule has 0 aliphatic carbocycles. The fourth-order valence-corrected chi connectivity index (χ4v) is 4.21. The molecule has 4 rings (SSSR count). The number of ether oxygens (including phenoxy) is 1. The van der Waals surface area contributed by atoms with E-state index in [9.17, 15) is 14.4 Å². The standard InChI is InChI=1S/C23H20FN7O2S/c1-14-15(2)30(17-8-6-7-16(24)11-17)22(18(14)12-25)26-21(32)13-34-23-27-28-29-31(23)19-9-4-5-10-20(19)33-3/h4-11H,13H2,1-3H3,(H,26,32). The van der Waals surface area contributed by atoms with Crippen LogP contribution in [0.2, 0.25) is 0 Å². The largest absolute Gasteiger partial charge is 0.494 e. The van der Waals surface area contributed by atoms with E-state index >= 15 is 0 Å². The molecule has 0 radical (unpaired) electrons. The molecule has 0 atom stereocenters. The number of tetrazole rings is 1. The van der Waals surface area contributed by atoms with E-state index in [-0.39, 0.29) is 17.5 Å².